The summed E-state index contributed by atoms with van der Waals surface area (Å²) in [4.78, 5) is 28.6. The molecule has 2 aromatic carbocycles. The van der Waals surface area contributed by atoms with E-state index < -0.39 is 5.91 Å². The van der Waals surface area contributed by atoms with Crippen LogP contribution in [-0.4, -0.2) is 26.6 Å². The number of nitrogens with zero attached hydrogens (tertiary/aromatic N) is 2. The Hall–Kier alpha value is -3.94. The van der Waals surface area contributed by atoms with E-state index in [4.69, 9.17) is 0 Å². The second-order valence-electron chi connectivity index (χ2n) is 8.26. The first-order valence-electron chi connectivity index (χ1n) is 11.1. The van der Waals surface area contributed by atoms with Gasteiger partial charge in [-0.2, -0.15) is 5.10 Å². The molecule has 5 rings (SSSR count). The molecule has 0 fully saturated rings. The van der Waals surface area contributed by atoms with E-state index in [0.29, 0.717) is 11.4 Å². The molecule has 0 atom stereocenters. The van der Waals surface area contributed by atoms with Gasteiger partial charge in [-0.1, -0.05) is 24.6 Å². The van der Waals surface area contributed by atoms with Crippen LogP contribution in [0, 0.1) is 5.82 Å². The predicted molar refractivity (Wildman–Crippen MR) is 122 cm³/mol. The van der Waals surface area contributed by atoms with Crippen molar-refractivity contribution in [3.8, 4) is 5.69 Å². The van der Waals surface area contributed by atoms with Crippen molar-refractivity contribution in [1.29, 1.82) is 0 Å². The summed E-state index contributed by atoms with van der Waals surface area (Å²) in [6.07, 6.45) is 6.50. The molecule has 3 N–H and O–H groups in total. The Kier molecular flexibility index (Phi) is 5.64. The van der Waals surface area contributed by atoms with Crippen LogP contribution >= 0.6 is 0 Å². The van der Waals surface area contributed by atoms with Gasteiger partial charge in [0.25, 0.3) is 5.91 Å². The molecule has 0 spiro atoms. The molecule has 2 aromatic heterocycles. The first kappa shape index (κ1) is 20.9. The number of aromatic nitrogens is 3. The summed E-state index contributed by atoms with van der Waals surface area (Å²) < 4.78 is 15.1. The van der Waals surface area contributed by atoms with Crippen molar-refractivity contribution >= 4 is 22.7 Å². The maximum atomic E-state index is 13.4. The van der Waals surface area contributed by atoms with Crippen LogP contribution < -0.4 is 10.9 Å². The monoisotopic (exact) mass is 445 g/mol. The Morgan fingerprint density at radius 1 is 1.00 bits per heavy atom. The van der Waals surface area contributed by atoms with Crippen molar-refractivity contribution in [2.45, 2.75) is 38.5 Å². The van der Waals surface area contributed by atoms with Gasteiger partial charge in [0, 0.05) is 28.4 Å². The molecule has 8 heteroatoms. The highest BCUT2D eigenvalue weighted by Gasteiger charge is 2.25. The molecule has 0 saturated carbocycles. The van der Waals surface area contributed by atoms with Crippen LogP contribution in [0.2, 0.25) is 0 Å². The summed E-state index contributed by atoms with van der Waals surface area (Å²) >= 11 is 0. The summed E-state index contributed by atoms with van der Waals surface area (Å²) in [7, 11) is 0. The number of fused-ring (bicyclic) bond motifs is 2. The molecule has 4 aromatic rings. The van der Waals surface area contributed by atoms with Crippen LogP contribution in [0.1, 0.15) is 46.6 Å². The Balaban J connectivity index is 1.33. The smallest absolute Gasteiger partial charge is 0.290 e. The molecule has 1 aliphatic carbocycles. The van der Waals surface area contributed by atoms with Crippen molar-refractivity contribution in [1.82, 2.24) is 25.6 Å². The standard InChI is InChI=1S/C25H24FN5O2/c26-17-10-12-18(13-11-17)31-22-9-3-1-2-7-20(22)24(30-31)25(33)29-28-23(32)14-16-15-27-21-8-5-4-6-19(16)21/h4-6,8,10-13,15,27H,1-3,7,9,14H2,(H,28,32)(H,29,33). The number of carbonyl (C=O) groups is 2. The van der Waals surface area contributed by atoms with Crippen LogP contribution in [0.25, 0.3) is 16.6 Å². The lowest BCUT2D eigenvalue weighted by molar-refractivity contribution is -0.121. The van der Waals surface area contributed by atoms with E-state index in [9.17, 15) is 14.0 Å². The third kappa shape index (κ3) is 4.24. The summed E-state index contributed by atoms with van der Waals surface area (Å²) in [5, 5.41) is 5.53. The van der Waals surface area contributed by atoms with Gasteiger partial charge >= 0.3 is 0 Å². The number of benzene rings is 2. The third-order valence-corrected chi connectivity index (χ3v) is 6.06. The lowest BCUT2D eigenvalue weighted by Gasteiger charge is -2.07. The molecule has 7 nitrogen and oxygen atoms in total. The fourth-order valence-corrected chi connectivity index (χ4v) is 4.43. The van der Waals surface area contributed by atoms with Crippen LogP contribution in [-0.2, 0) is 24.1 Å². The maximum Gasteiger partial charge on any atom is 0.290 e. The number of rotatable bonds is 4. The van der Waals surface area contributed by atoms with Gasteiger partial charge in [-0.25, -0.2) is 9.07 Å². The van der Waals surface area contributed by atoms with Crippen molar-refractivity contribution in [2.75, 3.05) is 0 Å². The highest BCUT2D eigenvalue weighted by atomic mass is 19.1. The number of carbonyl (C=O) groups excluding carboxylic acids is 2. The van der Waals surface area contributed by atoms with E-state index in [1.165, 1.54) is 12.1 Å². The molecule has 1 aliphatic rings. The predicted octanol–water partition coefficient (Wildman–Crippen LogP) is 3.77. The van der Waals surface area contributed by atoms with E-state index in [-0.39, 0.29) is 18.1 Å². The van der Waals surface area contributed by atoms with Crippen LogP contribution in [0.5, 0.6) is 0 Å². The number of hydrazine groups is 1. The normalized spacial score (nSPS) is 13.4. The topological polar surface area (TPSA) is 91.8 Å². The minimum absolute atomic E-state index is 0.131. The highest BCUT2D eigenvalue weighted by molar-refractivity contribution is 5.96. The minimum Gasteiger partial charge on any atom is -0.361 e. The molecular weight excluding hydrogens is 421 g/mol. The molecule has 0 radical (unpaired) electrons. The number of hydrogen-bond donors (Lipinski definition) is 3. The van der Waals surface area contributed by atoms with E-state index in [0.717, 1.165) is 59.8 Å². The molecule has 0 bridgehead atoms. The van der Waals surface area contributed by atoms with Gasteiger partial charge in [0.15, 0.2) is 5.69 Å². The Morgan fingerprint density at radius 2 is 1.79 bits per heavy atom. The van der Waals surface area contributed by atoms with Crippen LogP contribution in [0.4, 0.5) is 4.39 Å². The zero-order valence-electron chi connectivity index (χ0n) is 18.0. The second-order valence-corrected chi connectivity index (χ2v) is 8.26. The summed E-state index contributed by atoms with van der Waals surface area (Å²) in [6, 6.07) is 13.8. The van der Waals surface area contributed by atoms with Gasteiger partial charge in [-0.05, 0) is 61.6 Å². The molecule has 168 valence electrons. The average molecular weight is 445 g/mol. The highest BCUT2D eigenvalue weighted by Crippen LogP contribution is 2.26. The van der Waals surface area contributed by atoms with Crippen LogP contribution in [0.15, 0.2) is 54.7 Å². The van der Waals surface area contributed by atoms with E-state index in [1.807, 2.05) is 24.3 Å². The van der Waals surface area contributed by atoms with Crippen molar-refractivity contribution in [2.24, 2.45) is 0 Å². The summed E-state index contributed by atoms with van der Waals surface area (Å²) in [5.74, 6) is -1.11. The fraction of sp³-hybridized carbons (Fsp3) is 0.240. The van der Waals surface area contributed by atoms with E-state index >= 15 is 0 Å². The number of hydrogen-bond acceptors (Lipinski definition) is 3. The Labute approximate surface area is 190 Å². The zero-order valence-corrected chi connectivity index (χ0v) is 18.0. The van der Waals surface area contributed by atoms with Gasteiger partial charge in [-0.3, -0.25) is 20.4 Å². The zero-order chi connectivity index (χ0) is 22.8. The third-order valence-electron chi connectivity index (χ3n) is 6.06. The molecule has 33 heavy (non-hydrogen) atoms. The number of aromatic amines is 1. The molecule has 0 unspecified atom stereocenters. The van der Waals surface area contributed by atoms with Gasteiger partial charge < -0.3 is 4.98 Å². The number of H-pyrrole nitrogens is 1. The molecule has 2 heterocycles. The van der Waals surface area contributed by atoms with Gasteiger partial charge in [0.1, 0.15) is 5.82 Å². The van der Waals surface area contributed by atoms with E-state index in [1.54, 1.807) is 23.0 Å². The molecule has 0 saturated heterocycles. The number of amides is 2. The van der Waals surface area contributed by atoms with Crippen molar-refractivity contribution < 1.29 is 14.0 Å². The van der Waals surface area contributed by atoms with Gasteiger partial charge in [0.2, 0.25) is 5.91 Å². The van der Waals surface area contributed by atoms with Crippen LogP contribution in [0.3, 0.4) is 0 Å². The number of halogens is 1. The maximum absolute atomic E-state index is 13.4. The van der Waals surface area contributed by atoms with E-state index in [2.05, 4.69) is 20.9 Å². The quantitative estimate of drug-likeness (QED) is 0.330. The molecule has 2 amide bonds. The molecular formula is C25H24FN5O2. The second kappa shape index (κ2) is 8.90. The lowest BCUT2D eigenvalue weighted by atomic mass is 10.1. The summed E-state index contributed by atoms with van der Waals surface area (Å²) in [6.45, 7) is 0. The van der Waals surface area contributed by atoms with Gasteiger partial charge in [0.05, 0.1) is 12.1 Å². The number of nitrogens with one attached hydrogen (secondary N) is 3. The number of para-hydroxylation sites is 1. The van der Waals surface area contributed by atoms with Crippen molar-refractivity contribution in [3.63, 3.8) is 0 Å². The first-order valence-corrected chi connectivity index (χ1v) is 11.1. The SMILES string of the molecule is O=C(Cc1c[nH]c2ccccc12)NNC(=O)c1nn(-c2ccc(F)cc2)c2c1CCCCC2. The fourth-order valence-electron chi connectivity index (χ4n) is 4.43. The first-order chi connectivity index (χ1) is 16.1. The summed E-state index contributed by atoms with van der Waals surface area (Å²) in [5.41, 5.74) is 9.70. The molecule has 0 aliphatic heterocycles. The Bertz CT molecular complexity index is 1320. The lowest BCUT2D eigenvalue weighted by Crippen LogP contribution is -2.42. The average Bonchev–Trinajstić information content (AvgIpc) is 3.30. The van der Waals surface area contributed by atoms with Gasteiger partial charge in [-0.15, -0.1) is 0 Å². The largest absolute Gasteiger partial charge is 0.361 e. The minimum atomic E-state index is -0.457. The van der Waals surface area contributed by atoms with Crippen molar-refractivity contribution in [3.05, 3.63) is 83.1 Å². The Morgan fingerprint density at radius 3 is 2.64 bits per heavy atom.